The van der Waals surface area contributed by atoms with E-state index in [1.807, 2.05) is 6.92 Å². The van der Waals surface area contributed by atoms with Crippen LogP contribution in [0.3, 0.4) is 0 Å². The smallest absolute Gasteiger partial charge is 0.189 e. The van der Waals surface area contributed by atoms with Gasteiger partial charge in [-0.1, -0.05) is 13.3 Å². The molecule has 0 aromatic rings. The van der Waals surface area contributed by atoms with Crippen LogP contribution in [0.15, 0.2) is 0 Å². The normalized spacial score (nSPS) is 12.0. The van der Waals surface area contributed by atoms with Gasteiger partial charge in [0.15, 0.2) is 8.32 Å². The molecule has 0 saturated carbocycles. The van der Waals surface area contributed by atoms with Crippen LogP contribution in [0.4, 0.5) is 0 Å². The highest BCUT2D eigenvalue weighted by atomic mass is 28.4. The van der Waals surface area contributed by atoms with Gasteiger partial charge >= 0.3 is 0 Å². The third kappa shape index (κ3) is 4.67. The van der Waals surface area contributed by atoms with Crippen LogP contribution in [0.2, 0.25) is 13.1 Å². The molecule has 0 fully saturated rings. The summed E-state index contributed by atoms with van der Waals surface area (Å²) in [5.41, 5.74) is 0. The van der Waals surface area contributed by atoms with E-state index in [4.69, 9.17) is 4.43 Å². The summed E-state index contributed by atoms with van der Waals surface area (Å²) in [6.45, 7) is 11.0. The van der Waals surface area contributed by atoms with E-state index in [-0.39, 0.29) is 0 Å². The Balaban J connectivity index is 3.43. The third-order valence-corrected chi connectivity index (χ3v) is 3.46. The summed E-state index contributed by atoms with van der Waals surface area (Å²) in [5, 5.41) is 0. The van der Waals surface area contributed by atoms with Gasteiger partial charge in [-0.2, -0.15) is 0 Å². The van der Waals surface area contributed by atoms with Crippen LogP contribution in [0.5, 0.6) is 0 Å². The fourth-order valence-corrected chi connectivity index (χ4v) is 2.34. The molecular formula is C7H16OSi. The van der Waals surface area contributed by atoms with Gasteiger partial charge in [0.05, 0.1) is 0 Å². The maximum absolute atomic E-state index is 5.51. The van der Waals surface area contributed by atoms with Crippen molar-refractivity contribution < 1.29 is 4.43 Å². The molecule has 0 bridgehead atoms. The zero-order chi connectivity index (χ0) is 7.33. The Morgan fingerprint density at radius 3 is 2.44 bits per heavy atom. The molecule has 0 aromatic heterocycles. The highest BCUT2D eigenvalue weighted by Crippen LogP contribution is 2.09. The minimum absolute atomic E-state index is 0.829. The Morgan fingerprint density at radius 2 is 2.11 bits per heavy atom. The molecule has 0 aromatic carbocycles. The molecule has 1 nitrogen and oxygen atoms in total. The highest BCUT2D eigenvalue weighted by molar-refractivity contribution is 6.74. The maximum atomic E-state index is 5.51. The Hall–Kier alpha value is 0.177. The second-order valence-electron chi connectivity index (χ2n) is 2.53. The zero-order valence-electron chi connectivity index (χ0n) is 6.61. The number of hydrogen-bond acceptors (Lipinski definition) is 1. The van der Waals surface area contributed by atoms with E-state index in [0.717, 1.165) is 13.0 Å². The summed E-state index contributed by atoms with van der Waals surface area (Å²) in [7, 11) is -1.39. The standard InChI is InChI=1S/C7H16OSi/c1-5-7-9(3,4)8-6-2/h7H,1,5-6H2,2-4H3. The molecule has 0 unspecified atom stereocenters. The molecule has 9 heavy (non-hydrogen) atoms. The molecule has 0 rings (SSSR count). The van der Waals surface area contributed by atoms with Crippen molar-refractivity contribution in [3.8, 4) is 0 Å². The second kappa shape index (κ2) is 4.07. The van der Waals surface area contributed by atoms with Crippen LogP contribution < -0.4 is 0 Å². The molecule has 0 aliphatic heterocycles. The van der Waals surface area contributed by atoms with Crippen molar-refractivity contribution in [3.63, 3.8) is 0 Å². The topological polar surface area (TPSA) is 9.23 Å². The van der Waals surface area contributed by atoms with Crippen molar-refractivity contribution >= 4 is 8.32 Å². The molecule has 2 heteroatoms. The molecule has 0 saturated heterocycles. The van der Waals surface area contributed by atoms with Crippen molar-refractivity contribution in [2.45, 2.75) is 26.4 Å². The Bertz CT molecular complexity index is 63.3. The summed E-state index contributed by atoms with van der Waals surface area (Å²) < 4.78 is 5.51. The molecule has 54 valence electrons. The number of hydrogen-bond donors (Lipinski definition) is 0. The lowest BCUT2D eigenvalue weighted by atomic mass is 10.6. The van der Waals surface area contributed by atoms with Gasteiger partial charge in [0.25, 0.3) is 0 Å². The van der Waals surface area contributed by atoms with Crippen LogP contribution in [-0.2, 0) is 4.43 Å². The zero-order valence-corrected chi connectivity index (χ0v) is 7.61. The minimum Gasteiger partial charge on any atom is -0.417 e. The molecule has 0 atom stereocenters. The summed E-state index contributed by atoms with van der Waals surface area (Å²) in [4.78, 5) is 0. The van der Waals surface area contributed by atoms with Crippen molar-refractivity contribution in [3.05, 3.63) is 13.0 Å². The summed E-state index contributed by atoms with van der Waals surface area (Å²) in [6.07, 6.45) is 0.888. The second-order valence-corrected chi connectivity index (χ2v) is 6.43. The van der Waals surface area contributed by atoms with E-state index < -0.39 is 8.32 Å². The van der Waals surface area contributed by atoms with Crippen molar-refractivity contribution in [2.24, 2.45) is 0 Å². The molecule has 0 aliphatic carbocycles. The van der Waals surface area contributed by atoms with Crippen LogP contribution >= 0.6 is 0 Å². The monoisotopic (exact) mass is 144 g/mol. The SMILES string of the molecule is [CH2]C[CH][Si](C)(C)OCC. The van der Waals surface area contributed by atoms with Crippen LogP contribution in [-0.4, -0.2) is 14.9 Å². The van der Waals surface area contributed by atoms with Gasteiger partial charge in [0.2, 0.25) is 0 Å². The Labute approximate surface area is 59.5 Å². The van der Waals surface area contributed by atoms with Gasteiger partial charge in [0, 0.05) is 6.61 Å². The van der Waals surface area contributed by atoms with Crippen molar-refractivity contribution in [1.82, 2.24) is 0 Å². The van der Waals surface area contributed by atoms with Crippen molar-refractivity contribution in [1.29, 1.82) is 0 Å². The van der Waals surface area contributed by atoms with E-state index in [1.54, 1.807) is 0 Å². The molecule has 0 N–H and O–H groups in total. The largest absolute Gasteiger partial charge is 0.417 e. The Kier molecular flexibility index (Phi) is 4.15. The van der Waals surface area contributed by atoms with E-state index in [9.17, 15) is 0 Å². The van der Waals surface area contributed by atoms with Crippen LogP contribution in [0, 0.1) is 13.0 Å². The van der Waals surface area contributed by atoms with Gasteiger partial charge in [-0.15, -0.1) is 0 Å². The maximum Gasteiger partial charge on any atom is 0.189 e. The lowest BCUT2D eigenvalue weighted by Gasteiger charge is -2.20. The lowest BCUT2D eigenvalue weighted by molar-refractivity contribution is 0.334. The first-order valence-electron chi connectivity index (χ1n) is 3.40. The van der Waals surface area contributed by atoms with E-state index in [1.165, 1.54) is 0 Å². The fourth-order valence-electron chi connectivity index (χ4n) is 0.779. The molecular weight excluding hydrogens is 128 g/mol. The van der Waals surface area contributed by atoms with Gasteiger partial charge in [-0.3, -0.25) is 0 Å². The van der Waals surface area contributed by atoms with Gasteiger partial charge in [0.1, 0.15) is 0 Å². The summed E-state index contributed by atoms with van der Waals surface area (Å²) >= 11 is 0. The Morgan fingerprint density at radius 1 is 1.56 bits per heavy atom. The molecule has 0 aliphatic rings. The molecule has 0 spiro atoms. The van der Waals surface area contributed by atoms with Crippen molar-refractivity contribution in [2.75, 3.05) is 6.61 Å². The predicted molar refractivity (Wildman–Crippen MR) is 43.4 cm³/mol. The minimum atomic E-state index is -1.39. The molecule has 0 heterocycles. The highest BCUT2D eigenvalue weighted by Gasteiger charge is 2.19. The van der Waals surface area contributed by atoms with E-state index in [0.29, 0.717) is 0 Å². The van der Waals surface area contributed by atoms with Gasteiger partial charge in [-0.05, 0) is 26.1 Å². The average Bonchev–Trinajstić information content (AvgIpc) is 1.64. The number of rotatable bonds is 4. The summed E-state index contributed by atoms with van der Waals surface area (Å²) in [6, 6.07) is 2.20. The third-order valence-electron chi connectivity index (χ3n) is 1.15. The lowest BCUT2D eigenvalue weighted by Crippen LogP contribution is -2.31. The quantitative estimate of drug-likeness (QED) is 0.550. The predicted octanol–water partition coefficient (Wildman–Crippen LogP) is 2.20. The first kappa shape index (κ1) is 9.18. The molecule has 0 amide bonds. The molecule has 2 radical (unpaired) electrons. The van der Waals surface area contributed by atoms with E-state index in [2.05, 4.69) is 26.1 Å². The van der Waals surface area contributed by atoms with E-state index >= 15 is 0 Å². The first-order valence-corrected chi connectivity index (χ1v) is 6.38. The van der Waals surface area contributed by atoms with Crippen LogP contribution in [0.25, 0.3) is 0 Å². The fraction of sp³-hybridized carbons (Fsp3) is 0.714. The first-order chi connectivity index (χ1) is 4.12. The summed E-state index contributed by atoms with van der Waals surface area (Å²) in [5.74, 6) is 0. The van der Waals surface area contributed by atoms with Crippen LogP contribution in [0.1, 0.15) is 13.3 Å². The average molecular weight is 144 g/mol. The van der Waals surface area contributed by atoms with Gasteiger partial charge < -0.3 is 4.43 Å². The van der Waals surface area contributed by atoms with Gasteiger partial charge in [-0.25, -0.2) is 0 Å².